The second kappa shape index (κ2) is 10.4. The van der Waals surface area contributed by atoms with Crippen LogP contribution in [0.2, 0.25) is 0 Å². The van der Waals surface area contributed by atoms with E-state index in [1.807, 2.05) is 0 Å². The Morgan fingerprint density at radius 1 is 0.682 bits per heavy atom. The Kier molecular flexibility index (Phi) is 8.43. The smallest absolute Gasteiger partial charge is 0.0203 e. The molecule has 0 heterocycles. The lowest BCUT2D eigenvalue weighted by Crippen LogP contribution is -2.14. The van der Waals surface area contributed by atoms with Gasteiger partial charge in [-0.05, 0) is 63.2 Å². The van der Waals surface area contributed by atoms with Crippen LogP contribution in [0.1, 0.15) is 104 Å². The van der Waals surface area contributed by atoms with Crippen LogP contribution in [0.5, 0.6) is 0 Å². The molecule has 0 radical (unpaired) electrons. The molecule has 2 fully saturated rings. The predicted molar refractivity (Wildman–Crippen MR) is 97.7 cm³/mol. The molecule has 0 atom stereocenters. The molecule has 0 amide bonds. The first-order chi connectivity index (χ1) is 10.8. The van der Waals surface area contributed by atoms with Crippen molar-refractivity contribution in [3.63, 3.8) is 0 Å². The molecule has 0 unspecified atom stereocenters. The molecule has 0 heteroatoms. The molecule has 2 aliphatic carbocycles. The first kappa shape index (κ1) is 17.9. The van der Waals surface area contributed by atoms with Gasteiger partial charge in [0.05, 0.1) is 0 Å². The molecule has 0 nitrogen and oxygen atoms in total. The SMILES string of the molecule is CCCCCCC[C@H]1CC[C@H](C#C[C@H]2CC[C@H](C)CC2)CC1. The number of hydrogen-bond acceptors (Lipinski definition) is 0. The largest absolute Gasteiger partial charge is 0.0996 e. The van der Waals surface area contributed by atoms with Crippen LogP contribution in [-0.2, 0) is 0 Å². The summed E-state index contributed by atoms with van der Waals surface area (Å²) in [7, 11) is 0. The summed E-state index contributed by atoms with van der Waals surface area (Å²) >= 11 is 0. The second-order valence-electron chi connectivity index (χ2n) is 8.17. The number of unbranched alkanes of at least 4 members (excludes halogenated alkanes) is 4. The van der Waals surface area contributed by atoms with Crippen LogP contribution < -0.4 is 0 Å². The maximum atomic E-state index is 3.66. The molecule has 126 valence electrons. The predicted octanol–water partition coefficient (Wildman–Crippen LogP) is 6.98. The molecule has 2 aliphatic rings. The zero-order valence-corrected chi connectivity index (χ0v) is 15.2. The Morgan fingerprint density at radius 2 is 1.23 bits per heavy atom. The van der Waals surface area contributed by atoms with Crippen LogP contribution in [0.25, 0.3) is 0 Å². The average Bonchev–Trinajstić information content (AvgIpc) is 2.55. The number of hydrogen-bond donors (Lipinski definition) is 0. The Labute approximate surface area is 139 Å². The highest BCUT2D eigenvalue weighted by atomic mass is 14.2. The molecule has 0 N–H and O–H groups in total. The molecule has 0 bridgehead atoms. The first-order valence-corrected chi connectivity index (χ1v) is 10.3. The summed E-state index contributed by atoms with van der Waals surface area (Å²) in [5.74, 6) is 10.7. The number of rotatable bonds is 6. The van der Waals surface area contributed by atoms with Gasteiger partial charge in [0.25, 0.3) is 0 Å². The molecule has 0 aromatic rings. The topological polar surface area (TPSA) is 0 Å². The molecular formula is C22H38. The van der Waals surface area contributed by atoms with Crippen LogP contribution in [0, 0.1) is 35.5 Å². The van der Waals surface area contributed by atoms with E-state index >= 15 is 0 Å². The molecule has 0 aliphatic heterocycles. The van der Waals surface area contributed by atoms with E-state index in [9.17, 15) is 0 Å². The monoisotopic (exact) mass is 302 g/mol. The summed E-state index contributed by atoms with van der Waals surface area (Å²) in [6.45, 7) is 4.70. The van der Waals surface area contributed by atoms with Gasteiger partial charge in [-0.25, -0.2) is 0 Å². The van der Waals surface area contributed by atoms with Crippen LogP contribution in [0.3, 0.4) is 0 Å². The van der Waals surface area contributed by atoms with Crippen molar-refractivity contribution in [2.24, 2.45) is 23.7 Å². The van der Waals surface area contributed by atoms with Gasteiger partial charge in [0.1, 0.15) is 0 Å². The lowest BCUT2D eigenvalue weighted by atomic mass is 9.79. The zero-order valence-electron chi connectivity index (χ0n) is 15.2. The first-order valence-electron chi connectivity index (χ1n) is 10.3. The van der Waals surface area contributed by atoms with E-state index in [1.54, 1.807) is 0 Å². The molecule has 0 saturated heterocycles. The maximum absolute atomic E-state index is 3.66. The Morgan fingerprint density at radius 3 is 1.82 bits per heavy atom. The molecule has 0 aromatic carbocycles. The van der Waals surface area contributed by atoms with Crippen molar-refractivity contribution < 1.29 is 0 Å². The van der Waals surface area contributed by atoms with Gasteiger partial charge in [-0.2, -0.15) is 0 Å². The van der Waals surface area contributed by atoms with Gasteiger partial charge >= 0.3 is 0 Å². The minimum atomic E-state index is 0.729. The van der Waals surface area contributed by atoms with Crippen LogP contribution >= 0.6 is 0 Å². The Bertz CT molecular complexity index is 329. The Hall–Kier alpha value is -0.440. The highest BCUT2D eigenvalue weighted by Gasteiger charge is 2.20. The normalized spacial score (nSPS) is 32.3. The van der Waals surface area contributed by atoms with Gasteiger partial charge in [0, 0.05) is 11.8 Å². The molecule has 0 aromatic heterocycles. The third kappa shape index (κ3) is 6.76. The van der Waals surface area contributed by atoms with Gasteiger partial charge in [-0.3, -0.25) is 0 Å². The highest BCUT2D eigenvalue weighted by Crippen LogP contribution is 2.32. The van der Waals surface area contributed by atoms with Crippen molar-refractivity contribution in [3.05, 3.63) is 0 Å². The summed E-state index contributed by atoms with van der Waals surface area (Å²) in [6.07, 6.45) is 19.9. The van der Waals surface area contributed by atoms with E-state index in [0.29, 0.717) is 0 Å². The molecule has 2 saturated carbocycles. The van der Waals surface area contributed by atoms with Crippen molar-refractivity contribution in [3.8, 4) is 11.8 Å². The van der Waals surface area contributed by atoms with Gasteiger partial charge in [-0.15, -0.1) is 0 Å². The second-order valence-corrected chi connectivity index (χ2v) is 8.17. The average molecular weight is 303 g/mol. The van der Waals surface area contributed by atoms with E-state index in [4.69, 9.17) is 0 Å². The lowest BCUT2D eigenvalue weighted by Gasteiger charge is -2.26. The summed E-state index contributed by atoms with van der Waals surface area (Å²) in [5, 5.41) is 0. The van der Waals surface area contributed by atoms with Gasteiger partial charge in [0.15, 0.2) is 0 Å². The summed E-state index contributed by atoms with van der Waals surface area (Å²) in [4.78, 5) is 0. The lowest BCUT2D eigenvalue weighted by molar-refractivity contribution is 0.293. The summed E-state index contributed by atoms with van der Waals surface area (Å²) in [5.41, 5.74) is 0. The minimum Gasteiger partial charge on any atom is -0.0996 e. The zero-order chi connectivity index (χ0) is 15.6. The molecule has 0 spiro atoms. The van der Waals surface area contributed by atoms with E-state index < -0.39 is 0 Å². The summed E-state index contributed by atoms with van der Waals surface area (Å²) in [6, 6.07) is 0. The van der Waals surface area contributed by atoms with Crippen molar-refractivity contribution in [1.82, 2.24) is 0 Å². The van der Waals surface area contributed by atoms with Gasteiger partial charge < -0.3 is 0 Å². The molecule has 22 heavy (non-hydrogen) atoms. The van der Waals surface area contributed by atoms with Crippen molar-refractivity contribution in [2.45, 2.75) is 104 Å². The highest BCUT2D eigenvalue weighted by molar-refractivity contribution is 5.08. The van der Waals surface area contributed by atoms with Crippen LogP contribution in [0.15, 0.2) is 0 Å². The third-order valence-corrected chi connectivity index (χ3v) is 6.07. The third-order valence-electron chi connectivity index (χ3n) is 6.07. The van der Waals surface area contributed by atoms with Gasteiger partial charge in [0.2, 0.25) is 0 Å². The minimum absolute atomic E-state index is 0.729. The van der Waals surface area contributed by atoms with E-state index in [1.165, 1.54) is 89.9 Å². The fraction of sp³-hybridized carbons (Fsp3) is 0.909. The maximum Gasteiger partial charge on any atom is 0.0203 e. The van der Waals surface area contributed by atoms with Crippen molar-refractivity contribution >= 4 is 0 Å². The van der Waals surface area contributed by atoms with E-state index in [0.717, 1.165) is 23.7 Å². The standard InChI is InChI=1S/C22H38/c1-3-4-5-6-7-8-20-13-15-22(16-14-20)18-17-21-11-9-19(2)10-12-21/h19-22H,3-16H2,1-2H3/t19-,20-,21-,22-. The van der Waals surface area contributed by atoms with Crippen LogP contribution in [0.4, 0.5) is 0 Å². The Balaban J connectivity index is 1.57. The van der Waals surface area contributed by atoms with E-state index in [-0.39, 0.29) is 0 Å². The fourth-order valence-electron chi connectivity index (χ4n) is 4.27. The molecule has 2 rings (SSSR count). The van der Waals surface area contributed by atoms with Crippen LogP contribution in [-0.4, -0.2) is 0 Å². The summed E-state index contributed by atoms with van der Waals surface area (Å²) < 4.78 is 0. The van der Waals surface area contributed by atoms with Gasteiger partial charge in [-0.1, -0.05) is 64.2 Å². The fourth-order valence-corrected chi connectivity index (χ4v) is 4.27. The van der Waals surface area contributed by atoms with Crippen molar-refractivity contribution in [2.75, 3.05) is 0 Å². The van der Waals surface area contributed by atoms with Crippen molar-refractivity contribution in [1.29, 1.82) is 0 Å². The quantitative estimate of drug-likeness (QED) is 0.366. The molecular weight excluding hydrogens is 264 g/mol. The van der Waals surface area contributed by atoms with E-state index in [2.05, 4.69) is 25.7 Å².